The summed E-state index contributed by atoms with van der Waals surface area (Å²) < 4.78 is 30.1. The molecule has 0 atom stereocenters. The highest BCUT2D eigenvalue weighted by Gasteiger charge is 2.28. The first kappa shape index (κ1) is 22.0. The molecular formula is C20H30N4O3S2. The van der Waals surface area contributed by atoms with Crippen molar-refractivity contribution in [2.24, 2.45) is 7.05 Å². The molecule has 1 amide bonds. The van der Waals surface area contributed by atoms with Gasteiger partial charge < -0.3 is 9.47 Å². The van der Waals surface area contributed by atoms with Crippen molar-refractivity contribution in [1.29, 1.82) is 0 Å². The molecule has 1 N–H and O–H groups in total. The first-order chi connectivity index (χ1) is 13.5. The fourth-order valence-corrected chi connectivity index (χ4v) is 5.98. The summed E-state index contributed by atoms with van der Waals surface area (Å²) in [5.74, 6) is 0.0272. The fraction of sp³-hybridized carbons (Fsp3) is 0.600. The van der Waals surface area contributed by atoms with Crippen molar-refractivity contribution in [1.82, 2.24) is 19.2 Å². The van der Waals surface area contributed by atoms with Gasteiger partial charge in [0.2, 0.25) is 10.0 Å². The van der Waals surface area contributed by atoms with Crippen molar-refractivity contribution >= 4 is 27.3 Å². The van der Waals surface area contributed by atoms with Gasteiger partial charge in [0.1, 0.15) is 14.8 Å². The molecule has 0 aliphatic carbocycles. The summed E-state index contributed by atoms with van der Waals surface area (Å²) in [4.78, 5) is 20.2. The smallest absolute Gasteiger partial charge is 0.265 e. The highest BCUT2D eigenvalue weighted by molar-refractivity contribution is 7.89. The Morgan fingerprint density at radius 1 is 1.28 bits per heavy atom. The molecule has 0 saturated carbocycles. The third-order valence-corrected chi connectivity index (χ3v) is 8.27. The third-order valence-electron chi connectivity index (χ3n) is 5.44. The number of carbonyl (C=O) groups is 1. The molecule has 2 aromatic rings. The second-order valence-corrected chi connectivity index (χ2v) is 11.0. The Labute approximate surface area is 177 Å². The Bertz CT molecular complexity index is 999. The molecule has 0 aromatic carbocycles. The Morgan fingerprint density at radius 3 is 2.55 bits per heavy atom. The second kappa shape index (κ2) is 8.20. The lowest BCUT2D eigenvalue weighted by atomic mass is 10.0. The van der Waals surface area contributed by atoms with Crippen molar-refractivity contribution in [3.63, 3.8) is 0 Å². The number of nitrogens with zero attached hydrogens (tertiary/aromatic N) is 3. The van der Waals surface area contributed by atoms with E-state index < -0.39 is 15.6 Å². The van der Waals surface area contributed by atoms with Crippen LogP contribution in [0.15, 0.2) is 17.2 Å². The maximum atomic E-state index is 12.9. The van der Waals surface area contributed by atoms with Crippen molar-refractivity contribution in [3.05, 3.63) is 22.8 Å². The number of likely N-dealkylation sites (tertiary alicyclic amines) is 1. The van der Waals surface area contributed by atoms with Gasteiger partial charge in [0.25, 0.3) is 5.91 Å². The van der Waals surface area contributed by atoms with Crippen LogP contribution in [0.1, 0.15) is 61.8 Å². The van der Waals surface area contributed by atoms with Gasteiger partial charge in [-0.15, -0.1) is 11.3 Å². The standard InChI is InChI=1S/C20H30N4O3S2/c1-6-20(3,4)22-29(26,27)15-12-16(23(5)13-15)18-21-14(2)17(28-18)19(25)24-10-8-7-9-11-24/h12-13,22H,6-11H2,1-5H3. The van der Waals surface area contributed by atoms with Crippen molar-refractivity contribution in [2.75, 3.05) is 13.1 Å². The molecular weight excluding hydrogens is 408 g/mol. The molecule has 0 radical (unpaired) electrons. The van der Waals surface area contributed by atoms with Gasteiger partial charge >= 0.3 is 0 Å². The number of piperidine rings is 1. The maximum Gasteiger partial charge on any atom is 0.265 e. The number of aryl methyl sites for hydroxylation is 2. The third kappa shape index (κ3) is 4.73. The largest absolute Gasteiger partial charge is 0.347 e. The van der Waals surface area contributed by atoms with Crippen LogP contribution in [0, 0.1) is 6.92 Å². The highest BCUT2D eigenvalue weighted by Crippen LogP contribution is 2.31. The van der Waals surface area contributed by atoms with Gasteiger partial charge in [0, 0.05) is 31.9 Å². The monoisotopic (exact) mass is 438 g/mol. The van der Waals surface area contributed by atoms with Gasteiger partial charge in [0.05, 0.1) is 11.4 Å². The molecule has 29 heavy (non-hydrogen) atoms. The Kier molecular flexibility index (Phi) is 6.21. The molecule has 1 fully saturated rings. The van der Waals surface area contributed by atoms with Gasteiger partial charge in [-0.1, -0.05) is 6.92 Å². The molecule has 0 unspecified atom stereocenters. The van der Waals surface area contributed by atoms with Crippen LogP contribution in [-0.4, -0.2) is 47.4 Å². The van der Waals surface area contributed by atoms with Crippen LogP contribution in [0.4, 0.5) is 0 Å². The van der Waals surface area contributed by atoms with E-state index >= 15 is 0 Å². The molecule has 2 aromatic heterocycles. The summed E-state index contributed by atoms with van der Waals surface area (Å²) in [6, 6.07) is 1.63. The lowest BCUT2D eigenvalue weighted by Crippen LogP contribution is -2.42. The number of hydrogen-bond donors (Lipinski definition) is 1. The first-order valence-corrected chi connectivity index (χ1v) is 12.3. The van der Waals surface area contributed by atoms with E-state index in [1.165, 1.54) is 17.8 Å². The number of sulfonamides is 1. The highest BCUT2D eigenvalue weighted by atomic mass is 32.2. The maximum absolute atomic E-state index is 12.9. The molecule has 3 heterocycles. The fourth-order valence-electron chi connectivity index (χ4n) is 3.33. The van der Waals surface area contributed by atoms with Gasteiger partial charge in [-0.3, -0.25) is 4.79 Å². The summed E-state index contributed by atoms with van der Waals surface area (Å²) in [5.41, 5.74) is 0.850. The lowest BCUT2D eigenvalue weighted by molar-refractivity contribution is 0.0728. The molecule has 1 aliphatic heterocycles. The lowest BCUT2D eigenvalue weighted by Gasteiger charge is -2.26. The van der Waals surface area contributed by atoms with E-state index in [0.717, 1.165) is 25.9 Å². The average molecular weight is 439 g/mol. The first-order valence-electron chi connectivity index (χ1n) is 10.0. The average Bonchev–Trinajstić information content (AvgIpc) is 3.24. The van der Waals surface area contributed by atoms with Crippen molar-refractivity contribution in [2.45, 2.75) is 63.8 Å². The zero-order valence-corrected chi connectivity index (χ0v) is 19.4. The van der Waals surface area contributed by atoms with Crippen LogP contribution < -0.4 is 4.72 Å². The van der Waals surface area contributed by atoms with Crippen LogP contribution in [0.3, 0.4) is 0 Å². The number of thiazole rings is 1. The normalized spacial score (nSPS) is 15.7. The molecule has 3 rings (SSSR count). The quantitative estimate of drug-likeness (QED) is 0.747. The van der Waals surface area contributed by atoms with Crippen LogP contribution >= 0.6 is 11.3 Å². The predicted molar refractivity (Wildman–Crippen MR) is 116 cm³/mol. The molecule has 0 bridgehead atoms. The number of amides is 1. The Balaban J connectivity index is 1.90. The molecule has 9 heteroatoms. The van der Waals surface area contributed by atoms with Gasteiger partial charge in [-0.05, 0) is 52.5 Å². The minimum absolute atomic E-state index is 0.0272. The minimum atomic E-state index is -3.65. The van der Waals surface area contributed by atoms with Crippen LogP contribution in [-0.2, 0) is 17.1 Å². The SMILES string of the molecule is CCC(C)(C)NS(=O)(=O)c1cc(-c2nc(C)c(C(=O)N3CCCCC3)s2)n(C)c1. The summed E-state index contributed by atoms with van der Waals surface area (Å²) in [6.07, 6.45) is 5.51. The van der Waals surface area contributed by atoms with Gasteiger partial charge in [-0.25, -0.2) is 18.1 Å². The molecule has 0 spiro atoms. The number of hydrogen-bond acceptors (Lipinski definition) is 5. The summed E-state index contributed by atoms with van der Waals surface area (Å²) in [6.45, 7) is 9.07. The predicted octanol–water partition coefficient (Wildman–Crippen LogP) is 3.55. The van der Waals surface area contributed by atoms with Crippen LogP contribution in [0.5, 0.6) is 0 Å². The molecule has 1 aliphatic rings. The van der Waals surface area contributed by atoms with E-state index in [1.807, 2.05) is 32.6 Å². The van der Waals surface area contributed by atoms with Crippen LogP contribution in [0.2, 0.25) is 0 Å². The second-order valence-electron chi connectivity index (χ2n) is 8.30. The van der Waals surface area contributed by atoms with Crippen molar-refractivity contribution in [3.8, 4) is 10.7 Å². The van der Waals surface area contributed by atoms with E-state index in [1.54, 1.807) is 23.9 Å². The van der Waals surface area contributed by atoms with Gasteiger partial charge in [0.15, 0.2) is 0 Å². The molecule has 1 saturated heterocycles. The summed E-state index contributed by atoms with van der Waals surface area (Å²) >= 11 is 1.33. The number of rotatable bonds is 6. The van der Waals surface area contributed by atoms with E-state index in [2.05, 4.69) is 9.71 Å². The topological polar surface area (TPSA) is 84.3 Å². The number of aromatic nitrogens is 2. The summed E-state index contributed by atoms with van der Waals surface area (Å²) in [7, 11) is -1.85. The Morgan fingerprint density at radius 2 is 1.93 bits per heavy atom. The Hall–Kier alpha value is -1.71. The summed E-state index contributed by atoms with van der Waals surface area (Å²) in [5, 5.41) is 0.654. The molecule has 7 nitrogen and oxygen atoms in total. The number of nitrogens with one attached hydrogen (secondary N) is 1. The van der Waals surface area contributed by atoms with E-state index in [0.29, 0.717) is 27.7 Å². The molecule has 160 valence electrons. The van der Waals surface area contributed by atoms with Crippen molar-refractivity contribution < 1.29 is 13.2 Å². The number of carbonyl (C=O) groups excluding carboxylic acids is 1. The van der Waals surface area contributed by atoms with E-state index in [-0.39, 0.29) is 10.8 Å². The zero-order valence-electron chi connectivity index (χ0n) is 17.8. The van der Waals surface area contributed by atoms with E-state index in [9.17, 15) is 13.2 Å². The van der Waals surface area contributed by atoms with Gasteiger partial charge in [-0.2, -0.15) is 0 Å². The van der Waals surface area contributed by atoms with Crippen LogP contribution in [0.25, 0.3) is 10.7 Å². The van der Waals surface area contributed by atoms with E-state index in [4.69, 9.17) is 0 Å². The zero-order chi connectivity index (χ0) is 21.4. The minimum Gasteiger partial charge on any atom is -0.347 e.